The average molecular weight is 300 g/mol. The minimum Gasteiger partial charge on any atom is -0.384 e. The molecule has 0 aliphatic heterocycles. The lowest BCUT2D eigenvalue weighted by Gasteiger charge is -2.24. The number of hydrogen-bond donors (Lipinski definition) is 2. The fraction of sp³-hybridized carbons (Fsp3) is 0.188. The predicted octanol–water partition coefficient (Wildman–Crippen LogP) is 2.23. The Bertz CT molecular complexity index is 684. The fourth-order valence-corrected chi connectivity index (χ4v) is 2.07. The summed E-state index contributed by atoms with van der Waals surface area (Å²) in [5.41, 5.74) is -0.908. The van der Waals surface area contributed by atoms with Crippen LogP contribution in [0.1, 0.15) is 22.8 Å². The van der Waals surface area contributed by atoms with Crippen molar-refractivity contribution in [2.75, 3.05) is 6.54 Å². The quantitative estimate of drug-likeness (QED) is 0.654. The maximum absolute atomic E-state index is 12.1. The van der Waals surface area contributed by atoms with Crippen LogP contribution in [0.3, 0.4) is 0 Å². The Labute approximate surface area is 127 Å². The molecule has 0 saturated heterocycles. The number of aliphatic hydroxyl groups is 1. The van der Waals surface area contributed by atoms with E-state index in [4.69, 9.17) is 0 Å². The van der Waals surface area contributed by atoms with E-state index in [1.165, 1.54) is 18.2 Å². The van der Waals surface area contributed by atoms with Crippen LogP contribution >= 0.6 is 0 Å². The first-order chi connectivity index (χ1) is 10.4. The standard InChI is InChI=1S/C16H16N2O4/c1-16(20,12-7-3-2-4-8-12)11-17-15(19)13-9-5-6-10-14(13)18(21)22/h2-10,20H,11H2,1H3,(H,17,19). The van der Waals surface area contributed by atoms with Gasteiger partial charge in [0.1, 0.15) is 11.2 Å². The van der Waals surface area contributed by atoms with Crippen molar-refractivity contribution in [3.63, 3.8) is 0 Å². The highest BCUT2D eigenvalue weighted by molar-refractivity contribution is 5.98. The molecule has 1 atom stereocenters. The van der Waals surface area contributed by atoms with Gasteiger partial charge in [0.2, 0.25) is 0 Å². The van der Waals surface area contributed by atoms with Crippen LogP contribution in [0.2, 0.25) is 0 Å². The lowest BCUT2D eigenvalue weighted by molar-refractivity contribution is -0.385. The van der Waals surface area contributed by atoms with Crippen molar-refractivity contribution >= 4 is 11.6 Å². The van der Waals surface area contributed by atoms with Gasteiger partial charge in [-0.3, -0.25) is 14.9 Å². The van der Waals surface area contributed by atoms with E-state index in [0.29, 0.717) is 5.56 Å². The number of hydrogen-bond acceptors (Lipinski definition) is 4. The summed E-state index contributed by atoms with van der Waals surface area (Å²) in [6, 6.07) is 14.6. The van der Waals surface area contributed by atoms with Gasteiger partial charge in [-0.2, -0.15) is 0 Å². The van der Waals surface area contributed by atoms with E-state index in [0.717, 1.165) is 0 Å². The minimum absolute atomic E-state index is 0.0311. The lowest BCUT2D eigenvalue weighted by Crippen LogP contribution is -2.38. The molecule has 6 heteroatoms. The third-order valence-corrected chi connectivity index (χ3v) is 3.33. The molecular formula is C16H16N2O4. The Morgan fingerprint density at radius 1 is 1.18 bits per heavy atom. The second kappa shape index (κ2) is 6.36. The van der Waals surface area contributed by atoms with E-state index in [1.807, 2.05) is 6.07 Å². The molecule has 0 bridgehead atoms. The molecule has 0 radical (unpaired) electrons. The number of rotatable bonds is 5. The first-order valence-corrected chi connectivity index (χ1v) is 6.71. The van der Waals surface area contributed by atoms with Crippen molar-refractivity contribution in [1.82, 2.24) is 5.32 Å². The third-order valence-electron chi connectivity index (χ3n) is 3.33. The average Bonchev–Trinajstić information content (AvgIpc) is 2.53. The molecule has 0 heterocycles. The van der Waals surface area contributed by atoms with Crippen molar-refractivity contribution in [2.45, 2.75) is 12.5 Å². The molecule has 0 saturated carbocycles. The summed E-state index contributed by atoms with van der Waals surface area (Å²) in [6.45, 7) is 1.52. The van der Waals surface area contributed by atoms with Gasteiger partial charge in [-0.05, 0) is 18.6 Å². The smallest absolute Gasteiger partial charge is 0.282 e. The molecule has 0 fully saturated rings. The summed E-state index contributed by atoms with van der Waals surface area (Å²) in [5.74, 6) is -0.594. The number of carbonyl (C=O) groups is 1. The van der Waals surface area contributed by atoms with Gasteiger partial charge in [-0.25, -0.2) is 0 Å². The molecule has 1 amide bonds. The minimum atomic E-state index is -1.26. The highest BCUT2D eigenvalue weighted by Crippen LogP contribution is 2.21. The van der Waals surface area contributed by atoms with Gasteiger partial charge in [0.05, 0.1) is 11.5 Å². The monoisotopic (exact) mass is 300 g/mol. The van der Waals surface area contributed by atoms with Gasteiger partial charge < -0.3 is 10.4 Å². The van der Waals surface area contributed by atoms with Gasteiger partial charge in [0.25, 0.3) is 11.6 Å². The molecule has 0 aromatic heterocycles. The number of carbonyl (C=O) groups excluding carboxylic acids is 1. The van der Waals surface area contributed by atoms with E-state index < -0.39 is 16.4 Å². The number of para-hydroxylation sites is 1. The molecule has 2 rings (SSSR count). The first-order valence-electron chi connectivity index (χ1n) is 6.71. The van der Waals surface area contributed by atoms with Gasteiger partial charge in [0, 0.05) is 6.07 Å². The normalized spacial score (nSPS) is 13.2. The largest absolute Gasteiger partial charge is 0.384 e. The number of nitro groups is 1. The van der Waals surface area contributed by atoms with E-state index in [1.54, 1.807) is 37.3 Å². The number of nitrogens with zero attached hydrogens (tertiary/aromatic N) is 1. The van der Waals surface area contributed by atoms with Crippen LogP contribution in [0.4, 0.5) is 5.69 Å². The van der Waals surface area contributed by atoms with Crippen molar-refractivity contribution in [2.24, 2.45) is 0 Å². The molecule has 0 aliphatic rings. The summed E-state index contributed by atoms with van der Waals surface area (Å²) < 4.78 is 0. The van der Waals surface area contributed by atoms with E-state index in [9.17, 15) is 20.0 Å². The number of benzene rings is 2. The van der Waals surface area contributed by atoms with E-state index >= 15 is 0 Å². The Morgan fingerprint density at radius 3 is 2.41 bits per heavy atom. The zero-order chi connectivity index (χ0) is 16.2. The first kappa shape index (κ1) is 15.7. The van der Waals surface area contributed by atoms with Gasteiger partial charge in [-0.1, -0.05) is 42.5 Å². The topological polar surface area (TPSA) is 92.5 Å². The Morgan fingerprint density at radius 2 is 1.77 bits per heavy atom. The molecule has 1 unspecified atom stereocenters. The number of nitro benzene ring substituents is 1. The molecule has 6 nitrogen and oxygen atoms in total. The molecule has 2 aromatic rings. The van der Waals surface area contributed by atoms with Crippen LogP contribution < -0.4 is 5.32 Å². The zero-order valence-electron chi connectivity index (χ0n) is 12.0. The zero-order valence-corrected chi connectivity index (χ0v) is 12.0. The third kappa shape index (κ3) is 3.48. The Kier molecular flexibility index (Phi) is 4.53. The second-order valence-electron chi connectivity index (χ2n) is 5.10. The summed E-state index contributed by atoms with van der Waals surface area (Å²) in [6.07, 6.45) is 0. The maximum atomic E-state index is 12.1. The fourth-order valence-electron chi connectivity index (χ4n) is 2.07. The summed E-state index contributed by atoms with van der Waals surface area (Å²) in [7, 11) is 0. The highest BCUT2D eigenvalue weighted by atomic mass is 16.6. The van der Waals surface area contributed by atoms with Gasteiger partial charge in [0.15, 0.2) is 0 Å². The SMILES string of the molecule is CC(O)(CNC(=O)c1ccccc1[N+](=O)[O-])c1ccccc1. The molecule has 0 spiro atoms. The van der Waals surface area contributed by atoms with Crippen LogP contribution in [-0.4, -0.2) is 22.5 Å². The number of amides is 1. The summed E-state index contributed by atoms with van der Waals surface area (Å²) >= 11 is 0. The van der Waals surface area contributed by atoms with Crippen LogP contribution in [0.5, 0.6) is 0 Å². The Hall–Kier alpha value is -2.73. The molecular weight excluding hydrogens is 284 g/mol. The summed E-state index contributed by atoms with van der Waals surface area (Å²) in [5, 5.41) is 23.9. The second-order valence-corrected chi connectivity index (χ2v) is 5.10. The maximum Gasteiger partial charge on any atom is 0.282 e. The molecule has 2 aromatic carbocycles. The van der Waals surface area contributed by atoms with Crippen molar-refractivity contribution in [1.29, 1.82) is 0 Å². The van der Waals surface area contributed by atoms with Crippen molar-refractivity contribution < 1.29 is 14.8 Å². The van der Waals surface area contributed by atoms with E-state index in [-0.39, 0.29) is 17.8 Å². The molecule has 114 valence electrons. The molecule has 0 aliphatic carbocycles. The number of nitrogens with one attached hydrogen (secondary N) is 1. The van der Waals surface area contributed by atoms with Gasteiger partial charge in [-0.15, -0.1) is 0 Å². The molecule has 2 N–H and O–H groups in total. The van der Waals surface area contributed by atoms with Crippen LogP contribution in [0.15, 0.2) is 54.6 Å². The summed E-state index contributed by atoms with van der Waals surface area (Å²) in [4.78, 5) is 22.4. The highest BCUT2D eigenvalue weighted by Gasteiger charge is 2.25. The molecule has 22 heavy (non-hydrogen) atoms. The predicted molar refractivity (Wildman–Crippen MR) is 81.4 cm³/mol. The van der Waals surface area contributed by atoms with E-state index in [2.05, 4.69) is 5.32 Å². The van der Waals surface area contributed by atoms with Crippen LogP contribution in [0, 0.1) is 10.1 Å². The lowest BCUT2D eigenvalue weighted by atomic mass is 9.96. The van der Waals surface area contributed by atoms with Crippen molar-refractivity contribution in [3.8, 4) is 0 Å². The van der Waals surface area contributed by atoms with Crippen molar-refractivity contribution in [3.05, 3.63) is 75.8 Å². The van der Waals surface area contributed by atoms with Gasteiger partial charge >= 0.3 is 0 Å². The van der Waals surface area contributed by atoms with Crippen LogP contribution in [-0.2, 0) is 5.60 Å². The Balaban J connectivity index is 2.12. The van der Waals surface area contributed by atoms with Crippen LogP contribution in [0.25, 0.3) is 0 Å².